The number of rotatable bonds is 5. The topological polar surface area (TPSA) is 93.7 Å². The van der Waals surface area contributed by atoms with Crippen LogP contribution in [0.1, 0.15) is 35.6 Å². The van der Waals surface area contributed by atoms with E-state index < -0.39 is 45.4 Å². The maximum Gasteiger partial charge on any atom is 0.255 e. The molecule has 14 heteroatoms. The number of aromatic nitrogens is 2. The van der Waals surface area contributed by atoms with Crippen LogP contribution in [0.2, 0.25) is 0 Å². The van der Waals surface area contributed by atoms with E-state index in [9.17, 15) is 22.4 Å². The summed E-state index contributed by atoms with van der Waals surface area (Å²) in [6, 6.07) is 3.22. The maximum absolute atomic E-state index is 15.3. The normalized spacial score (nSPS) is 18.9. The Balaban J connectivity index is 1.46. The smallest absolute Gasteiger partial charge is 0.255 e. The van der Waals surface area contributed by atoms with E-state index in [-0.39, 0.29) is 47.4 Å². The molecule has 1 amide bonds. The number of benzene rings is 2. The highest BCUT2D eigenvalue weighted by atomic mass is 35.5. The van der Waals surface area contributed by atoms with E-state index in [4.69, 9.17) is 33.7 Å². The average molecular weight is 600 g/mol. The number of anilines is 1. The first-order valence-electron chi connectivity index (χ1n) is 12.1. The van der Waals surface area contributed by atoms with E-state index in [0.717, 1.165) is 18.6 Å². The summed E-state index contributed by atoms with van der Waals surface area (Å²) in [7, 11) is 0. The number of piperidine rings is 1. The van der Waals surface area contributed by atoms with Crippen LogP contribution in [0, 0.1) is 35.0 Å². The zero-order valence-electron chi connectivity index (χ0n) is 20.5. The van der Waals surface area contributed by atoms with E-state index in [1.165, 1.54) is 12.4 Å². The van der Waals surface area contributed by atoms with Crippen LogP contribution in [-0.4, -0.2) is 51.0 Å². The number of hydrogen-bond acceptors (Lipinski definition) is 6. The molecule has 1 fully saturated rings. The number of nitrogens with two attached hydrogens (primary N) is 1. The molecule has 0 saturated carbocycles. The Bertz CT molecular complexity index is 1500. The lowest BCUT2D eigenvalue weighted by molar-refractivity contribution is -0.131. The van der Waals surface area contributed by atoms with Gasteiger partial charge in [-0.25, -0.2) is 23.1 Å². The van der Waals surface area contributed by atoms with Gasteiger partial charge in [-0.05, 0) is 30.9 Å². The summed E-state index contributed by atoms with van der Waals surface area (Å²) in [6.45, 7) is 1.09. The fraction of sp³-hybridized carbons (Fsp3) is 0.308. The van der Waals surface area contributed by atoms with E-state index in [0.29, 0.717) is 30.8 Å². The molecule has 3 heterocycles. The molecule has 0 spiro atoms. The molecular formula is C26H20Cl2F5N5O2. The first kappa shape index (κ1) is 28.0. The number of ether oxygens (including phenoxy) is 1. The van der Waals surface area contributed by atoms with Gasteiger partial charge in [-0.1, -0.05) is 23.2 Å². The molecule has 0 radical (unpaired) electrons. The average Bonchev–Trinajstić information content (AvgIpc) is 2.93. The number of nitrogen functional groups attached to an aromatic ring is 1. The molecule has 7 nitrogen and oxygen atoms in total. The molecule has 0 bridgehead atoms. The number of likely N-dealkylation sites (tertiary alicyclic amines) is 1. The van der Waals surface area contributed by atoms with Gasteiger partial charge >= 0.3 is 0 Å². The fourth-order valence-electron chi connectivity index (χ4n) is 5.07. The Hall–Kier alpha value is -3.51. The highest BCUT2D eigenvalue weighted by Crippen LogP contribution is 2.39. The molecule has 1 saturated heterocycles. The number of nitrogens with zero attached hydrogens (tertiary/aromatic N) is 4. The first-order valence-corrected chi connectivity index (χ1v) is 13.0. The van der Waals surface area contributed by atoms with Gasteiger partial charge in [-0.3, -0.25) is 9.79 Å². The third-order valence-electron chi connectivity index (χ3n) is 6.95. The van der Waals surface area contributed by atoms with Crippen LogP contribution in [0.4, 0.5) is 27.8 Å². The minimum absolute atomic E-state index is 0.0347. The summed E-state index contributed by atoms with van der Waals surface area (Å²) in [4.78, 5) is 25.8. The summed E-state index contributed by atoms with van der Waals surface area (Å²) in [5, 5.41) is 0. The van der Waals surface area contributed by atoms with Crippen LogP contribution >= 0.6 is 23.2 Å². The Morgan fingerprint density at radius 2 is 1.77 bits per heavy atom. The lowest BCUT2D eigenvalue weighted by Crippen LogP contribution is -2.45. The predicted molar refractivity (Wildman–Crippen MR) is 137 cm³/mol. The van der Waals surface area contributed by atoms with Crippen molar-refractivity contribution in [1.29, 1.82) is 0 Å². The van der Waals surface area contributed by atoms with Crippen LogP contribution < -0.4 is 10.5 Å². The van der Waals surface area contributed by atoms with Crippen LogP contribution in [0.5, 0.6) is 11.5 Å². The Morgan fingerprint density at radius 3 is 2.45 bits per heavy atom. The summed E-state index contributed by atoms with van der Waals surface area (Å²) < 4.78 is 75.4. The second kappa shape index (κ2) is 11.2. The standard InChI is InChI=1S/C26H20Cl2F5N5O2/c27-24(28)26(39)38-5-1-2-11(9-38)14-8-35-21(18-22(14)36-10-37-25(18)34)13-4-3-12(6-15(13)29)40-23-19(32)16(30)7-17(31)20(23)33/h3-4,6-7,10-11,14,24H,1-2,5,8-9H2,(H2,34,36,37)/t11-,14?/m1/s1. The SMILES string of the molecule is Nc1ncnc2c1C(c1ccc(Oc3c(F)c(F)cc(F)c3F)cc1F)=NCC2[C@@H]1CCCN(C(=O)C(Cl)Cl)C1. The van der Waals surface area contributed by atoms with E-state index in [2.05, 4.69) is 15.0 Å². The third-order valence-corrected chi connectivity index (χ3v) is 7.33. The number of aliphatic imine (C=N–C) groups is 1. The molecule has 1 aromatic heterocycles. The minimum atomic E-state index is -1.76. The van der Waals surface area contributed by atoms with Gasteiger partial charge in [0.1, 0.15) is 23.7 Å². The second-order valence-corrected chi connectivity index (χ2v) is 10.4. The van der Waals surface area contributed by atoms with Crippen LogP contribution in [0.3, 0.4) is 0 Å². The molecular weight excluding hydrogens is 580 g/mol. The quantitative estimate of drug-likeness (QED) is 0.237. The van der Waals surface area contributed by atoms with Crippen LogP contribution in [0.25, 0.3) is 0 Å². The van der Waals surface area contributed by atoms with Crippen molar-refractivity contribution in [2.24, 2.45) is 10.9 Å². The number of carbonyl (C=O) groups is 1. The predicted octanol–water partition coefficient (Wildman–Crippen LogP) is 5.52. The zero-order chi connectivity index (χ0) is 28.7. The lowest BCUT2D eigenvalue weighted by atomic mass is 9.79. The minimum Gasteiger partial charge on any atom is -0.451 e. The number of amides is 1. The molecule has 5 rings (SSSR count). The number of hydrogen-bond donors (Lipinski definition) is 1. The maximum atomic E-state index is 15.3. The molecule has 2 aliphatic heterocycles. The molecule has 2 N–H and O–H groups in total. The van der Waals surface area contributed by atoms with Crippen molar-refractivity contribution >= 4 is 40.6 Å². The van der Waals surface area contributed by atoms with Crippen molar-refractivity contribution in [1.82, 2.24) is 14.9 Å². The number of alkyl halides is 2. The van der Waals surface area contributed by atoms with Gasteiger partial charge in [0.05, 0.1) is 17.0 Å². The van der Waals surface area contributed by atoms with Gasteiger partial charge in [-0.15, -0.1) is 0 Å². The van der Waals surface area contributed by atoms with E-state index >= 15 is 4.39 Å². The molecule has 3 aromatic rings. The van der Waals surface area contributed by atoms with Crippen molar-refractivity contribution in [2.45, 2.75) is 23.6 Å². The molecule has 0 aliphatic carbocycles. The van der Waals surface area contributed by atoms with E-state index in [1.807, 2.05) is 0 Å². The highest BCUT2D eigenvalue weighted by Gasteiger charge is 2.37. The summed E-state index contributed by atoms with van der Waals surface area (Å²) >= 11 is 11.6. The van der Waals surface area contributed by atoms with Gasteiger partial charge in [0.15, 0.2) is 16.5 Å². The summed E-state index contributed by atoms with van der Waals surface area (Å²) in [5.74, 6) is -10.2. The summed E-state index contributed by atoms with van der Waals surface area (Å²) in [5.41, 5.74) is 7.14. The molecule has 40 heavy (non-hydrogen) atoms. The van der Waals surface area contributed by atoms with Crippen molar-refractivity contribution < 1.29 is 31.5 Å². The van der Waals surface area contributed by atoms with Crippen molar-refractivity contribution in [2.75, 3.05) is 25.4 Å². The van der Waals surface area contributed by atoms with Crippen molar-refractivity contribution in [3.05, 3.63) is 76.5 Å². The third kappa shape index (κ3) is 5.17. The van der Waals surface area contributed by atoms with Crippen molar-refractivity contribution in [3.63, 3.8) is 0 Å². The Kier molecular flexibility index (Phi) is 7.83. The first-order chi connectivity index (χ1) is 19.1. The number of carbonyl (C=O) groups excluding carboxylic acids is 1. The molecule has 1 unspecified atom stereocenters. The van der Waals surface area contributed by atoms with Gasteiger partial charge in [0.25, 0.3) is 5.91 Å². The van der Waals surface area contributed by atoms with Gasteiger partial charge < -0.3 is 15.4 Å². The van der Waals surface area contributed by atoms with E-state index in [1.54, 1.807) is 4.90 Å². The summed E-state index contributed by atoms with van der Waals surface area (Å²) in [6.07, 6.45) is 2.77. The fourth-order valence-corrected chi connectivity index (χ4v) is 5.35. The second-order valence-electron chi connectivity index (χ2n) is 9.34. The zero-order valence-corrected chi connectivity index (χ0v) is 22.0. The Morgan fingerprint density at radius 1 is 1.05 bits per heavy atom. The number of halogens is 7. The highest BCUT2D eigenvalue weighted by molar-refractivity contribution is 6.53. The largest absolute Gasteiger partial charge is 0.451 e. The van der Waals surface area contributed by atoms with Gasteiger partial charge in [0.2, 0.25) is 17.4 Å². The lowest BCUT2D eigenvalue weighted by Gasteiger charge is -2.38. The van der Waals surface area contributed by atoms with Crippen molar-refractivity contribution in [3.8, 4) is 11.5 Å². The Labute approximate surface area is 234 Å². The molecule has 2 aliphatic rings. The molecule has 2 aromatic carbocycles. The number of fused-ring (bicyclic) bond motifs is 1. The monoisotopic (exact) mass is 599 g/mol. The molecule has 210 valence electrons. The van der Waals surface area contributed by atoms with Gasteiger partial charge in [-0.2, -0.15) is 8.78 Å². The molecule has 2 atom stereocenters. The van der Waals surface area contributed by atoms with Gasteiger partial charge in [0, 0.05) is 43.2 Å². The van der Waals surface area contributed by atoms with Crippen LogP contribution in [0.15, 0.2) is 35.6 Å². The van der Waals surface area contributed by atoms with Crippen LogP contribution in [-0.2, 0) is 4.79 Å².